The highest BCUT2D eigenvalue weighted by Gasteiger charge is 1.97. The van der Waals surface area contributed by atoms with E-state index in [4.69, 9.17) is 0 Å². The number of para-hydroxylation sites is 1. The van der Waals surface area contributed by atoms with Crippen molar-refractivity contribution in [3.8, 4) is 0 Å². The van der Waals surface area contributed by atoms with Crippen molar-refractivity contribution in [2.24, 2.45) is 15.2 Å². The number of thiocarbonyl (C=S) groups is 1. The second-order valence-corrected chi connectivity index (χ2v) is 3.41. The predicted molar refractivity (Wildman–Crippen MR) is 71.7 cm³/mol. The molecular formula is C13H9N3S. The summed E-state index contributed by atoms with van der Waals surface area (Å²) in [6.45, 7) is 0. The van der Waals surface area contributed by atoms with Crippen molar-refractivity contribution in [1.29, 1.82) is 0 Å². The largest absolute Gasteiger partial charge is 0.192 e. The van der Waals surface area contributed by atoms with Crippen molar-refractivity contribution in [2.45, 2.75) is 0 Å². The average molecular weight is 239 g/mol. The van der Waals surface area contributed by atoms with Gasteiger partial charge in [0.2, 0.25) is 0 Å². The molecule has 82 valence electrons. The Morgan fingerprint density at radius 1 is 0.765 bits per heavy atom. The zero-order chi connectivity index (χ0) is 11.9. The van der Waals surface area contributed by atoms with E-state index in [1.165, 1.54) is 0 Å². The third-order valence-electron chi connectivity index (χ3n) is 2.08. The summed E-state index contributed by atoms with van der Waals surface area (Å²) in [6, 6.07) is 16.9. The highest BCUT2D eigenvalue weighted by Crippen LogP contribution is 2.28. The van der Waals surface area contributed by atoms with Gasteiger partial charge < -0.3 is 0 Å². The minimum Gasteiger partial charge on any atom is -0.192 e. The van der Waals surface area contributed by atoms with Crippen LogP contribution in [0, 0.1) is 0 Å². The molecule has 17 heavy (non-hydrogen) atoms. The van der Waals surface area contributed by atoms with Gasteiger partial charge in [-0.25, -0.2) is 0 Å². The third-order valence-corrected chi connectivity index (χ3v) is 2.17. The summed E-state index contributed by atoms with van der Waals surface area (Å²) < 4.78 is 0. The summed E-state index contributed by atoms with van der Waals surface area (Å²) >= 11 is 4.58. The molecule has 0 spiro atoms. The Morgan fingerprint density at radius 3 is 2.12 bits per heavy atom. The van der Waals surface area contributed by atoms with E-state index in [0.29, 0.717) is 11.4 Å². The number of hydrogen-bond donors (Lipinski definition) is 0. The van der Waals surface area contributed by atoms with Gasteiger partial charge in [0.1, 0.15) is 11.4 Å². The topological polar surface area (TPSA) is 37.1 Å². The fraction of sp³-hybridized carbons (Fsp3) is 0. The Labute approximate surface area is 105 Å². The minimum absolute atomic E-state index is 0.669. The molecule has 0 unspecified atom stereocenters. The molecule has 0 aliphatic rings. The Hall–Kier alpha value is -2.16. The maximum Gasteiger partial charge on any atom is 0.112 e. The zero-order valence-electron chi connectivity index (χ0n) is 8.95. The molecule has 0 N–H and O–H groups in total. The summed E-state index contributed by atoms with van der Waals surface area (Å²) in [4.78, 5) is 3.93. The van der Waals surface area contributed by atoms with E-state index in [-0.39, 0.29) is 0 Å². The molecule has 0 saturated carbocycles. The van der Waals surface area contributed by atoms with Crippen LogP contribution >= 0.6 is 12.2 Å². The van der Waals surface area contributed by atoms with Gasteiger partial charge in [0.15, 0.2) is 0 Å². The second kappa shape index (κ2) is 5.80. The van der Waals surface area contributed by atoms with Crippen LogP contribution in [0.15, 0.2) is 69.8 Å². The molecule has 0 amide bonds. The quantitative estimate of drug-likeness (QED) is 0.429. The van der Waals surface area contributed by atoms with Gasteiger partial charge >= 0.3 is 0 Å². The number of isothiocyanates is 1. The number of rotatable bonds is 3. The number of nitrogens with zero attached hydrogens (tertiary/aromatic N) is 3. The van der Waals surface area contributed by atoms with E-state index in [2.05, 4.69) is 32.6 Å². The van der Waals surface area contributed by atoms with E-state index >= 15 is 0 Å². The molecule has 0 aromatic heterocycles. The predicted octanol–water partition coefficient (Wildman–Crippen LogP) is 4.84. The van der Waals surface area contributed by atoms with Crippen molar-refractivity contribution in [2.75, 3.05) is 0 Å². The molecule has 0 atom stereocenters. The van der Waals surface area contributed by atoms with Crippen LogP contribution in [0.3, 0.4) is 0 Å². The van der Waals surface area contributed by atoms with Crippen LogP contribution < -0.4 is 0 Å². The van der Waals surface area contributed by atoms with Crippen LogP contribution in [0.1, 0.15) is 0 Å². The Morgan fingerprint density at radius 2 is 1.41 bits per heavy atom. The van der Waals surface area contributed by atoms with Crippen LogP contribution in [0.25, 0.3) is 0 Å². The van der Waals surface area contributed by atoms with Crippen LogP contribution in [0.2, 0.25) is 0 Å². The Bertz CT molecular complexity index is 572. The number of aliphatic imine (C=N–C) groups is 1. The van der Waals surface area contributed by atoms with E-state index in [9.17, 15) is 0 Å². The summed E-state index contributed by atoms with van der Waals surface area (Å²) in [5.41, 5.74) is 2.14. The highest BCUT2D eigenvalue weighted by molar-refractivity contribution is 7.78. The Balaban J connectivity index is 2.30. The van der Waals surface area contributed by atoms with E-state index in [1.807, 2.05) is 54.6 Å². The van der Waals surface area contributed by atoms with Gasteiger partial charge in [-0.2, -0.15) is 10.1 Å². The number of hydrogen-bond acceptors (Lipinski definition) is 4. The van der Waals surface area contributed by atoms with Crippen LogP contribution in [0.4, 0.5) is 17.1 Å². The monoisotopic (exact) mass is 239 g/mol. The lowest BCUT2D eigenvalue weighted by molar-refractivity contribution is 1.23. The van der Waals surface area contributed by atoms with Crippen molar-refractivity contribution in [1.82, 2.24) is 0 Å². The number of benzene rings is 2. The molecular weight excluding hydrogens is 230 g/mol. The van der Waals surface area contributed by atoms with Crippen molar-refractivity contribution < 1.29 is 0 Å². The standard InChI is InChI=1S/C13H9N3S/c17-10-14-12-8-4-5-9-13(12)16-15-11-6-2-1-3-7-11/h1-9H/b16-15+. The van der Waals surface area contributed by atoms with Crippen molar-refractivity contribution in [3.05, 3.63) is 54.6 Å². The first-order chi connectivity index (χ1) is 8.40. The molecule has 0 saturated heterocycles. The lowest BCUT2D eigenvalue weighted by Gasteiger charge is -1.96. The molecule has 0 aliphatic heterocycles. The Kier molecular flexibility index (Phi) is 3.86. The SMILES string of the molecule is S=C=Nc1ccccc1/N=N/c1ccccc1. The van der Waals surface area contributed by atoms with Crippen molar-refractivity contribution >= 4 is 34.4 Å². The lowest BCUT2D eigenvalue weighted by atomic mass is 10.3. The van der Waals surface area contributed by atoms with Gasteiger partial charge in [0, 0.05) is 0 Å². The first kappa shape index (κ1) is 11.3. The fourth-order valence-corrected chi connectivity index (χ4v) is 1.40. The van der Waals surface area contributed by atoms with Crippen LogP contribution in [-0.4, -0.2) is 5.16 Å². The summed E-state index contributed by atoms with van der Waals surface area (Å²) in [7, 11) is 0. The molecule has 2 rings (SSSR count). The average Bonchev–Trinajstić information content (AvgIpc) is 2.39. The van der Waals surface area contributed by atoms with Crippen LogP contribution in [-0.2, 0) is 0 Å². The molecule has 0 heterocycles. The van der Waals surface area contributed by atoms with Crippen molar-refractivity contribution in [3.63, 3.8) is 0 Å². The zero-order valence-corrected chi connectivity index (χ0v) is 9.76. The minimum atomic E-state index is 0.669. The van der Waals surface area contributed by atoms with Gasteiger partial charge in [0.05, 0.1) is 10.8 Å². The van der Waals surface area contributed by atoms with Gasteiger partial charge in [-0.05, 0) is 36.5 Å². The number of azo groups is 1. The maximum absolute atomic E-state index is 4.58. The molecule has 2 aromatic carbocycles. The van der Waals surface area contributed by atoms with Gasteiger partial charge in [-0.3, -0.25) is 0 Å². The maximum atomic E-state index is 4.58. The lowest BCUT2D eigenvalue weighted by Crippen LogP contribution is -1.67. The summed E-state index contributed by atoms with van der Waals surface area (Å²) in [5, 5.41) is 10.6. The van der Waals surface area contributed by atoms with Gasteiger partial charge in [-0.1, -0.05) is 30.3 Å². The van der Waals surface area contributed by atoms with E-state index < -0.39 is 0 Å². The second-order valence-electron chi connectivity index (χ2n) is 3.23. The smallest absolute Gasteiger partial charge is 0.112 e. The third kappa shape index (κ3) is 3.14. The van der Waals surface area contributed by atoms with Gasteiger partial charge in [0.25, 0.3) is 0 Å². The first-order valence-corrected chi connectivity index (χ1v) is 5.44. The van der Waals surface area contributed by atoms with Crippen LogP contribution in [0.5, 0.6) is 0 Å². The molecule has 3 nitrogen and oxygen atoms in total. The molecule has 0 bridgehead atoms. The van der Waals surface area contributed by atoms with E-state index in [1.54, 1.807) is 0 Å². The molecule has 0 aliphatic carbocycles. The highest BCUT2D eigenvalue weighted by atomic mass is 32.1. The van der Waals surface area contributed by atoms with E-state index in [0.717, 1.165) is 5.69 Å². The molecule has 4 heteroatoms. The molecule has 0 radical (unpaired) electrons. The summed E-state index contributed by atoms with van der Waals surface area (Å²) in [5.74, 6) is 0. The fourth-order valence-electron chi connectivity index (χ4n) is 1.30. The molecule has 2 aromatic rings. The van der Waals surface area contributed by atoms with Gasteiger partial charge in [-0.15, -0.1) is 5.11 Å². The normalized spacial score (nSPS) is 10.1. The first-order valence-electron chi connectivity index (χ1n) is 5.04. The summed E-state index contributed by atoms with van der Waals surface area (Å²) in [6.07, 6.45) is 0. The molecule has 0 fully saturated rings.